The Kier molecular flexibility index (Phi) is 4.81. The zero-order chi connectivity index (χ0) is 11.5. The molecule has 0 aliphatic heterocycles. The third-order valence-corrected chi connectivity index (χ3v) is 5.05. The van der Waals surface area contributed by atoms with Crippen molar-refractivity contribution in [2.24, 2.45) is 11.3 Å². The lowest BCUT2D eigenvalue weighted by Crippen LogP contribution is -2.33. The molecule has 0 fully saturated rings. The molecule has 86 valence electrons. The predicted octanol–water partition coefficient (Wildman–Crippen LogP) is 4.28. The van der Waals surface area contributed by atoms with Crippen molar-refractivity contribution in [3.8, 4) is 0 Å². The molecular formula is C12H20BrNS. The Balaban J connectivity index is 2.37. The predicted molar refractivity (Wildman–Crippen MR) is 72.3 cm³/mol. The van der Waals surface area contributed by atoms with Gasteiger partial charge in [-0.1, -0.05) is 27.7 Å². The van der Waals surface area contributed by atoms with Crippen molar-refractivity contribution in [2.45, 2.75) is 34.2 Å². The van der Waals surface area contributed by atoms with Crippen LogP contribution in [0.1, 0.15) is 32.6 Å². The second-order valence-corrected chi connectivity index (χ2v) is 6.79. The Bertz CT molecular complexity index is 304. The zero-order valence-corrected chi connectivity index (χ0v) is 12.3. The first kappa shape index (κ1) is 13.2. The van der Waals surface area contributed by atoms with Gasteiger partial charge in [-0.3, -0.25) is 0 Å². The maximum atomic E-state index is 3.55. The molecule has 0 atom stereocenters. The van der Waals surface area contributed by atoms with Gasteiger partial charge in [-0.05, 0) is 38.7 Å². The maximum Gasteiger partial charge on any atom is 0.0327 e. The van der Waals surface area contributed by atoms with Gasteiger partial charge < -0.3 is 5.32 Å². The van der Waals surface area contributed by atoms with E-state index in [2.05, 4.69) is 60.4 Å². The molecule has 0 radical (unpaired) electrons. The molecule has 0 spiro atoms. The van der Waals surface area contributed by atoms with Gasteiger partial charge in [-0.2, -0.15) is 0 Å². The number of nitrogens with one attached hydrogen (secondary N) is 1. The molecule has 0 aliphatic rings. The highest BCUT2D eigenvalue weighted by atomic mass is 79.9. The first-order chi connectivity index (χ1) is 6.93. The zero-order valence-electron chi connectivity index (χ0n) is 9.93. The Morgan fingerprint density at radius 3 is 2.60 bits per heavy atom. The molecule has 1 aromatic rings. The molecule has 0 aliphatic carbocycles. The Morgan fingerprint density at radius 2 is 2.13 bits per heavy atom. The standard InChI is InChI=1S/C12H20BrNS/c1-9(2)12(3,4)8-14-7-11-10(13)5-6-15-11/h5-6,9,14H,7-8H2,1-4H3. The van der Waals surface area contributed by atoms with Gasteiger partial charge in [0.25, 0.3) is 0 Å². The number of rotatable bonds is 5. The number of halogens is 1. The molecule has 0 saturated carbocycles. The highest BCUT2D eigenvalue weighted by Gasteiger charge is 2.21. The van der Waals surface area contributed by atoms with E-state index >= 15 is 0 Å². The molecule has 15 heavy (non-hydrogen) atoms. The van der Waals surface area contributed by atoms with Gasteiger partial charge in [0.2, 0.25) is 0 Å². The molecule has 1 N–H and O–H groups in total. The summed E-state index contributed by atoms with van der Waals surface area (Å²) in [5.74, 6) is 0.705. The molecule has 1 rings (SSSR count). The molecule has 0 unspecified atom stereocenters. The normalized spacial score (nSPS) is 12.4. The number of thiophene rings is 1. The summed E-state index contributed by atoms with van der Waals surface area (Å²) in [7, 11) is 0. The molecule has 0 saturated heterocycles. The molecule has 1 heterocycles. The Morgan fingerprint density at radius 1 is 1.47 bits per heavy atom. The monoisotopic (exact) mass is 289 g/mol. The van der Waals surface area contributed by atoms with Crippen LogP contribution in [0.25, 0.3) is 0 Å². The topological polar surface area (TPSA) is 12.0 Å². The first-order valence-corrected chi connectivity index (χ1v) is 7.03. The van der Waals surface area contributed by atoms with Crippen molar-refractivity contribution >= 4 is 27.3 Å². The third-order valence-electron chi connectivity index (χ3n) is 3.12. The largest absolute Gasteiger partial charge is 0.311 e. The van der Waals surface area contributed by atoms with Crippen LogP contribution in [-0.2, 0) is 6.54 Å². The summed E-state index contributed by atoms with van der Waals surface area (Å²) in [5, 5.41) is 5.65. The van der Waals surface area contributed by atoms with E-state index in [1.807, 2.05) is 0 Å². The minimum absolute atomic E-state index is 0.365. The fourth-order valence-corrected chi connectivity index (χ4v) is 2.62. The van der Waals surface area contributed by atoms with Crippen LogP contribution in [0, 0.1) is 11.3 Å². The minimum atomic E-state index is 0.365. The maximum absolute atomic E-state index is 3.55. The third kappa shape index (κ3) is 3.89. The first-order valence-electron chi connectivity index (χ1n) is 5.36. The minimum Gasteiger partial charge on any atom is -0.311 e. The summed E-state index contributed by atoms with van der Waals surface area (Å²) < 4.78 is 1.22. The number of hydrogen-bond donors (Lipinski definition) is 1. The van der Waals surface area contributed by atoms with Gasteiger partial charge in [0.1, 0.15) is 0 Å². The summed E-state index contributed by atoms with van der Waals surface area (Å²) in [6.45, 7) is 11.2. The van der Waals surface area contributed by atoms with E-state index in [-0.39, 0.29) is 0 Å². The summed E-state index contributed by atoms with van der Waals surface area (Å²) in [4.78, 5) is 1.38. The summed E-state index contributed by atoms with van der Waals surface area (Å²) in [6, 6.07) is 2.11. The van der Waals surface area contributed by atoms with Crippen molar-refractivity contribution in [2.75, 3.05) is 6.54 Å². The van der Waals surface area contributed by atoms with Gasteiger partial charge >= 0.3 is 0 Å². The molecule has 1 nitrogen and oxygen atoms in total. The fraction of sp³-hybridized carbons (Fsp3) is 0.667. The van der Waals surface area contributed by atoms with E-state index in [1.54, 1.807) is 11.3 Å². The molecular weight excluding hydrogens is 270 g/mol. The molecule has 0 aromatic carbocycles. The van der Waals surface area contributed by atoms with E-state index in [9.17, 15) is 0 Å². The van der Waals surface area contributed by atoms with Gasteiger partial charge in [-0.25, -0.2) is 0 Å². The van der Waals surface area contributed by atoms with Gasteiger partial charge in [0.05, 0.1) is 0 Å². The summed E-state index contributed by atoms with van der Waals surface area (Å²) in [6.07, 6.45) is 0. The lowest BCUT2D eigenvalue weighted by molar-refractivity contribution is 0.238. The molecule has 0 amide bonds. The summed E-state index contributed by atoms with van der Waals surface area (Å²) in [5.41, 5.74) is 0.365. The van der Waals surface area contributed by atoms with Crippen molar-refractivity contribution in [1.82, 2.24) is 5.32 Å². The van der Waals surface area contributed by atoms with Crippen LogP contribution in [0.3, 0.4) is 0 Å². The van der Waals surface area contributed by atoms with E-state index in [1.165, 1.54) is 9.35 Å². The molecule has 3 heteroatoms. The van der Waals surface area contributed by atoms with E-state index in [0.717, 1.165) is 13.1 Å². The van der Waals surface area contributed by atoms with E-state index in [4.69, 9.17) is 0 Å². The second-order valence-electron chi connectivity index (χ2n) is 4.94. The smallest absolute Gasteiger partial charge is 0.0327 e. The van der Waals surface area contributed by atoms with Crippen molar-refractivity contribution in [3.05, 3.63) is 20.8 Å². The fourth-order valence-electron chi connectivity index (χ4n) is 1.15. The average molecular weight is 290 g/mol. The van der Waals surface area contributed by atoms with E-state index < -0.39 is 0 Å². The lowest BCUT2D eigenvalue weighted by atomic mass is 9.81. The average Bonchev–Trinajstić information content (AvgIpc) is 2.51. The van der Waals surface area contributed by atoms with Gasteiger partial charge in [0, 0.05) is 22.4 Å². The molecule has 0 bridgehead atoms. The van der Waals surface area contributed by atoms with Gasteiger partial charge in [-0.15, -0.1) is 11.3 Å². The van der Waals surface area contributed by atoms with Crippen LogP contribution in [0.2, 0.25) is 0 Å². The summed E-state index contributed by atoms with van der Waals surface area (Å²) >= 11 is 5.35. The Labute approximate surface area is 105 Å². The molecule has 1 aromatic heterocycles. The van der Waals surface area contributed by atoms with Crippen LogP contribution >= 0.6 is 27.3 Å². The van der Waals surface area contributed by atoms with Gasteiger partial charge in [0.15, 0.2) is 0 Å². The number of hydrogen-bond acceptors (Lipinski definition) is 2. The second kappa shape index (κ2) is 5.46. The van der Waals surface area contributed by atoms with Crippen LogP contribution < -0.4 is 5.32 Å². The van der Waals surface area contributed by atoms with Crippen LogP contribution in [-0.4, -0.2) is 6.54 Å². The van der Waals surface area contributed by atoms with Crippen molar-refractivity contribution in [1.29, 1.82) is 0 Å². The van der Waals surface area contributed by atoms with Crippen LogP contribution in [0.4, 0.5) is 0 Å². The van der Waals surface area contributed by atoms with Crippen LogP contribution in [0.15, 0.2) is 15.9 Å². The SMILES string of the molecule is CC(C)C(C)(C)CNCc1sccc1Br. The van der Waals surface area contributed by atoms with E-state index in [0.29, 0.717) is 11.3 Å². The van der Waals surface area contributed by atoms with Crippen molar-refractivity contribution in [3.63, 3.8) is 0 Å². The lowest BCUT2D eigenvalue weighted by Gasteiger charge is -2.29. The highest BCUT2D eigenvalue weighted by molar-refractivity contribution is 9.10. The van der Waals surface area contributed by atoms with Crippen LogP contribution in [0.5, 0.6) is 0 Å². The van der Waals surface area contributed by atoms with Crippen molar-refractivity contribution < 1.29 is 0 Å². The Hall–Kier alpha value is 0.140. The highest BCUT2D eigenvalue weighted by Crippen LogP contribution is 2.26. The quantitative estimate of drug-likeness (QED) is 0.853.